The molecule has 7 nitrogen and oxygen atoms in total. The van der Waals surface area contributed by atoms with E-state index >= 15 is 0 Å². The van der Waals surface area contributed by atoms with Crippen molar-refractivity contribution < 1.29 is 22.7 Å². The highest BCUT2D eigenvalue weighted by Crippen LogP contribution is 2.40. The van der Waals surface area contributed by atoms with E-state index < -0.39 is 17.4 Å². The zero-order valence-electron chi connectivity index (χ0n) is 17.7. The van der Waals surface area contributed by atoms with Gasteiger partial charge in [-0.05, 0) is 37.0 Å². The number of amides is 1. The van der Waals surface area contributed by atoms with Crippen LogP contribution in [0.3, 0.4) is 0 Å². The maximum absolute atomic E-state index is 14.9. The molecular weight excluding hydrogens is 441 g/mol. The van der Waals surface area contributed by atoms with E-state index in [2.05, 4.69) is 18.8 Å². The molecule has 0 bridgehead atoms. The Morgan fingerprint density at radius 3 is 2.71 bits per heavy atom. The number of carbonyl (C=O) groups is 1. The second-order valence-corrected chi connectivity index (χ2v) is 9.62. The predicted octanol–water partition coefficient (Wildman–Crippen LogP) is 4.87. The quantitative estimate of drug-likeness (QED) is 0.503. The molecule has 2 heterocycles. The van der Waals surface area contributed by atoms with Crippen LogP contribution in [0.5, 0.6) is 5.06 Å². The lowest BCUT2D eigenvalue weighted by Gasteiger charge is -2.12. The minimum Gasteiger partial charge on any atom is -0.398 e. The zero-order chi connectivity index (χ0) is 22.7. The molecule has 1 amide bonds. The molecule has 1 unspecified atom stereocenters. The fourth-order valence-electron chi connectivity index (χ4n) is 3.01. The van der Waals surface area contributed by atoms with Crippen molar-refractivity contribution in [3.8, 4) is 16.2 Å². The molecule has 1 N–H and O–H groups in total. The Morgan fingerprint density at radius 2 is 2.13 bits per heavy atom. The Hall–Kier alpha value is -2.56. The van der Waals surface area contributed by atoms with Gasteiger partial charge in [0.15, 0.2) is 5.06 Å². The van der Waals surface area contributed by atoms with Crippen LogP contribution in [0.15, 0.2) is 36.7 Å². The Kier molecular flexibility index (Phi) is 7.24. The number of hydrogen-bond donors (Lipinski definition) is 1. The van der Waals surface area contributed by atoms with Gasteiger partial charge in [-0.15, -0.1) is 11.3 Å². The fraction of sp³-hybridized carbons (Fsp3) is 0.333. The summed E-state index contributed by atoms with van der Waals surface area (Å²) in [6.07, 6.45) is 3.25. The molecular formula is C21H24FN3O4S2. The molecule has 31 heavy (non-hydrogen) atoms. The fourth-order valence-corrected chi connectivity index (χ4v) is 4.40. The largest absolute Gasteiger partial charge is 0.429 e. The Labute approximate surface area is 186 Å². The van der Waals surface area contributed by atoms with Crippen molar-refractivity contribution in [1.82, 2.24) is 13.9 Å². The second kappa shape index (κ2) is 9.71. The number of imidazole rings is 1. The third kappa shape index (κ3) is 5.57. The summed E-state index contributed by atoms with van der Waals surface area (Å²) in [5.74, 6) is 0.785. The molecule has 1 atom stereocenters. The number of ether oxygens (including phenoxy) is 1. The van der Waals surface area contributed by atoms with Gasteiger partial charge in [0.05, 0.1) is 6.54 Å². The van der Waals surface area contributed by atoms with Crippen molar-refractivity contribution in [2.24, 2.45) is 5.92 Å². The number of carbonyl (C=O) groups excluding carboxylic acids is 1. The van der Waals surface area contributed by atoms with E-state index in [9.17, 15) is 13.4 Å². The minimum absolute atomic E-state index is 0.260. The molecule has 0 aliphatic heterocycles. The number of benzene rings is 1. The van der Waals surface area contributed by atoms with Crippen molar-refractivity contribution in [3.63, 3.8) is 0 Å². The Balaban J connectivity index is 1.93. The van der Waals surface area contributed by atoms with Crippen LogP contribution in [-0.4, -0.2) is 35.8 Å². The average molecular weight is 466 g/mol. The molecule has 0 saturated heterocycles. The lowest BCUT2D eigenvalue weighted by molar-refractivity contribution is 0.186. The third-order valence-corrected chi connectivity index (χ3v) is 6.31. The summed E-state index contributed by atoms with van der Waals surface area (Å²) in [7, 11) is 1.16. The van der Waals surface area contributed by atoms with Gasteiger partial charge >= 0.3 is 6.09 Å². The minimum atomic E-state index is -2.50. The lowest BCUT2D eigenvalue weighted by Crippen LogP contribution is -2.30. The molecule has 0 saturated carbocycles. The molecule has 2 aromatic heterocycles. The summed E-state index contributed by atoms with van der Waals surface area (Å²) in [6, 6.07) is 6.76. The summed E-state index contributed by atoms with van der Waals surface area (Å²) < 4.78 is 43.0. The standard InChI is InChI=1S/C21H24FN3O4S2/c1-13(2)9-17-11-18(20(30-17)29-21(26)24(4)31(27)28)15-5-6-16(19(22)10-15)12-25-8-7-23-14(25)3/h5-8,10-11,13H,9,12H2,1-4H3,(H,27,28). The molecule has 0 aliphatic rings. The SMILES string of the molecule is Cc1nccn1Cc1ccc(-c2cc(CC(C)C)sc2OC(=O)N(C)S(=O)O)cc1F. The van der Waals surface area contributed by atoms with Crippen molar-refractivity contribution in [2.75, 3.05) is 7.05 Å². The van der Waals surface area contributed by atoms with Crippen LogP contribution >= 0.6 is 11.3 Å². The maximum atomic E-state index is 14.9. The van der Waals surface area contributed by atoms with Crippen molar-refractivity contribution in [3.05, 3.63) is 58.7 Å². The number of hydrogen-bond acceptors (Lipinski definition) is 5. The lowest BCUT2D eigenvalue weighted by atomic mass is 10.0. The van der Waals surface area contributed by atoms with Crippen molar-refractivity contribution in [2.45, 2.75) is 33.7 Å². The van der Waals surface area contributed by atoms with E-state index in [1.165, 1.54) is 17.4 Å². The van der Waals surface area contributed by atoms with Crippen LogP contribution in [0, 0.1) is 18.7 Å². The normalized spacial score (nSPS) is 12.2. The molecule has 1 aromatic carbocycles. The van der Waals surface area contributed by atoms with Gasteiger partial charge in [0.2, 0.25) is 0 Å². The van der Waals surface area contributed by atoms with Crippen LogP contribution in [0.4, 0.5) is 9.18 Å². The number of halogens is 1. The van der Waals surface area contributed by atoms with Gasteiger partial charge in [0.1, 0.15) is 11.6 Å². The molecule has 0 spiro atoms. The Morgan fingerprint density at radius 1 is 1.39 bits per heavy atom. The van der Waals surface area contributed by atoms with Gasteiger partial charge in [-0.1, -0.05) is 26.0 Å². The summed E-state index contributed by atoms with van der Waals surface area (Å²) in [5.41, 5.74) is 1.64. The highest BCUT2D eigenvalue weighted by molar-refractivity contribution is 7.77. The second-order valence-electron chi connectivity index (χ2n) is 7.52. The summed E-state index contributed by atoms with van der Waals surface area (Å²) in [6.45, 7) is 6.35. The highest BCUT2D eigenvalue weighted by atomic mass is 32.2. The van der Waals surface area contributed by atoms with Gasteiger partial charge in [0, 0.05) is 35.4 Å². The highest BCUT2D eigenvalue weighted by Gasteiger charge is 2.22. The molecule has 0 fully saturated rings. The predicted molar refractivity (Wildman–Crippen MR) is 119 cm³/mol. The average Bonchev–Trinajstić information content (AvgIpc) is 3.28. The Bertz CT molecular complexity index is 1110. The van der Waals surface area contributed by atoms with Gasteiger partial charge in [-0.3, -0.25) is 4.55 Å². The van der Waals surface area contributed by atoms with Gasteiger partial charge in [-0.2, -0.15) is 0 Å². The van der Waals surface area contributed by atoms with Gasteiger partial charge in [-0.25, -0.2) is 22.7 Å². The van der Waals surface area contributed by atoms with Crippen molar-refractivity contribution >= 4 is 28.7 Å². The maximum Gasteiger partial charge on any atom is 0.429 e. The number of aromatic nitrogens is 2. The third-order valence-electron chi connectivity index (χ3n) is 4.66. The summed E-state index contributed by atoms with van der Waals surface area (Å²) in [5, 5.41) is 0.260. The van der Waals surface area contributed by atoms with Crippen LogP contribution in [0.25, 0.3) is 11.1 Å². The van der Waals surface area contributed by atoms with Crippen LogP contribution in [0.2, 0.25) is 0 Å². The topological polar surface area (TPSA) is 84.7 Å². The van der Waals surface area contributed by atoms with E-state index in [1.807, 2.05) is 17.6 Å². The molecule has 3 aromatic rings. The smallest absolute Gasteiger partial charge is 0.398 e. The first-order chi connectivity index (χ1) is 14.7. The zero-order valence-corrected chi connectivity index (χ0v) is 19.3. The molecule has 0 radical (unpaired) electrons. The number of aryl methyl sites for hydroxylation is 1. The van der Waals surface area contributed by atoms with E-state index in [0.717, 1.165) is 24.2 Å². The molecule has 10 heteroatoms. The number of nitrogens with zero attached hydrogens (tertiary/aromatic N) is 3. The summed E-state index contributed by atoms with van der Waals surface area (Å²) in [4.78, 5) is 17.3. The van der Waals surface area contributed by atoms with Crippen LogP contribution in [-0.2, 0) is 24.2 Å². The number of thiophene rings is 1. The molecule has 166 valence electrons. The van der Waals surface area contributed by atoms with E-state index in [1.54, 1.807) is 24.5 Å². The van der Waals surface area contributed by atoms with Crippen molar-refractivity contribution in [1.29, 1.82) is 0 Å². The first-order valence-electron chi connectivity index (χ1n) is 9.61. The first-order valence-corrected chi connectivity index (χ1v) is 11.5. The van der Waals surface area contributed by atoms with E-state index in [4.69, 9.17) is 9.29 Å². The van der Waals surface area contributed by atoms with E-state index in [-0.39, 0.29) is 10.9 Å². The van der Waals surface area contributed by atoms with E-state index in [0.29, 0.717) is 33.5 Å². The monoisotopic (exact) mass is 465 g/mol. The van der Waals surface area contributed by atoms with Gasteiger partial charge in [0.25, 0.3) is 11.3 Å². The molecule has 0 aliphatic carbocycles. The first kappa shape index (κ1) is 23.1. The van der Waals surface area contributed by atoms with Crippen LogP contribution in [0.1, 0.15) is 30.1 Å². The summed E-state index contributed by atoms with van der Waals surface area (Å²) >= 11 is -1.23. The number of rotatable bonds is 7. The molecule has 3 rings (SSSR count). The van der Waals surface area contributed by atoms with Gasteiger partial charge < -0.3 is 9.30 Å². The van der Waals surface area contributed by atoms with Crippen LogP contribution < -0.4 is 4.74 Å².